The van der Waals surface area contributed by atoms with Crippen LogP contribution < -0.4 is 4.74 Å². The Bertz CT molecular complexity index is 487. The first-order chi connectivity index (χ1) is 9.51. The van der Waals surface area contributed by atoms with Crippen LogP contribution in [0, 0.1) is 17.7 Å². The van der Waals surface area contributed by atoms with Gasteiger partial charge in [0.15, 0.2) is 11.6 Å². The monoisotopic (exact) mass is 279 g/mol. The van der Waals surface area contributed by atoms with Crippen LogP contribution in [0.5, 0.6) is 5.75 Å². The molecule has 4 heteroatoms. The van der Waals surface area contributed by atoms with E-state index in [0.29, 0.717) is 17.4 Å². The largest absolute Gasteiger partial charge is 0.494 e. The zero-order valence-corrected chi connectivity index (χ0v) is 12.4. The summed E-state index contributed by atoms with van der Waals surface area (Å²) in [6.45, 7) is 5.95. The summed E-state index contributed by atoms with van der Waals surface area (Å²) in [4.78, 5) is 14.2. The summed E-state index contributed by atoms with van der Waals surface area (Å²) < 4.78 is 18.5. The van der Waals surface area contributed by atoms with Gasteiger partial charge in [-0.1, -0.05) is 13.8 Å². The van der Waals surface area contributed by atoms with Gasteiger partial charge in [0.25, 0.3) is 5.91 Å². The molecule has 0 saturated carbocycles. The number of carbonyl (C=O) groups excluding carboxylic acids is 1. The first-order valence-electron chi connectivity index (χ1n) is 7.14. The van der Waals surface area contributed by atoms with Gasteiger partial charge < -0.3 is 9.64 Å². The summed E-state index contributed by atoms with van der Waals surface area (Å²) >= 11 is 0. The van der Waals surface area contributed by atoms with E-state index >= 15 is 0 Å². The van der Waals surface area contributed by atoms with Crippen LogP contribution in [0.25, 0.3) is 0 Å². The van der Waals surface area contributed by atoms with Gasteiger partial charge >= 0.3 is 0 Å². The summed E-state index contributed by atoms with van der Waals surface area (Å²) in [5, 5.41) is 0. The molecule has 0 N–H and O–H groups in total. The van der Waals surface area contributed by atoms with E-state index in [1.807, 2.05) is 4.90 Å². The molecule has 1 fully saturated rings. The van der Waals surface area contributed by atoms with E-state index in [1.165, 1.54) is 19.2 Å². The van der Waals surface area contributed by atoms with Gasteiger partial charge in [-0.05, 0) is 42.9 Å². The number of likely N-dealkylation sites (tertiary alicyclic amines) is 1. The predicted octanol–water partition coefficient (Wildman–Crippen LogP) is 3.34. The molecule has 1 atom stereocenters. The molecule has 3 nitrogen and oxygen atoms in total. The fourth-order valence-electron chi connectivity index (χ4n) is 2.86. The highest BCUT2D eigenvalue weighted by atomic mass is 19.1. The van der Waals surface area contributed by atoms with Crippen molar-refractivity contribution in [2.45, 2.75) is 26.7 Å². The maximum atomic E-state index is 13.7. The van der Waals surface area contributed by atoms with Crippen molar-refractivity contribution in [3.8, 4) is 5.75 Å². The van der Waals surface area contributed by atoms with Crippen molar-refractivity contribution >= 4 is 5.91 Å². The van der Waals surface area contributed by atoms with E-state index in [0.717, 1.165) is 25.9 Å². The van der Waals surface area contributed by atoms with Gasteiger partial charge in [-0.3, -0.25) is 4.79 Å². The Morgan fingerprint density at radius 1 is 1.50 bits per heavy atom. The normalized spacial score (nSPS) is 18.6. The number of carbonyl (C=O) groups is 1. The van der Waals surface area contributed by atoms with E-state index in [1.54, 1.807) is 6.07 Å². The van der Waals surface area contributed by atoms with Gasteiger partial charge in [-0.15, -0.1) is 0 Å². The van der Waals surface area contributed by atoms with Gasteiger partial charge in [0.2, 0.25) is 0 Å². The highest BCUT2D eigenvalue weighted by molar-refractivity contribution is 5.94. The SMILES string of the molecule is COc1ccc(C(=O)N2CC[C@@H](CC(C)C)C2)cc1F. The standard InChI is InChI=1S/C16H22FNO2/c1-11(2)8-12-6-7-18(10-12)16(19)13-4-5-15(20-3)14(17)9-13/h4-5,9,11-12H,6-8,10H2,1-3H3/t12-/m0/s1. The van der Waals surface area contributed by atoms with E-state index in [-0.39, 0.29) is 11.7 Å². The van der Waals surface area contributed by atoms with E-state index in [4.69, 9.17) is 4.74 Å². The molecular weight excluding hydrogens is 257 g/mol. The average Bonchev–Trinajstić information content (AvgIpc) is 2.85. The minimum Gasteiger partial charge on any atom is -0.494 e. The smallest absolute Gasteiger partial charge is 0.253 e. The Labute approximate surface area is 119 Å². The Morgan fingerprint density at radius 3 is 2.85 bits per heavy atom. The van der Waals surface area contributed by atoms with Crippen LogP contribution in [0.3, 0.4) is 0 Å². The number of benzene rings is 1. The lowest BCUT2D eigenvalue weighted by molar-refractivity contribution is 0.0785. The number of halogens is 1. The number of rotatable bonds is 4. The number of methoxy groups -OCH3 is 1. The number of ether oxygens (including phenoxy) is 1. The van der Waals surface area contributed by atoms with Crippen molar-refractivity contribution in [1.82, 2.24) is 4.90 Å². The Balaban J connectivity index is 2.03. The molecule has 1 heterocycles. The van der Waals surface area contributed by atoms with Crippen molar-refractivity contribution in [3.63, 3.8) is 0 Å². The fraction of sp³-hybridized carbons (Fsp3) is 0.562. The molecule has 2 rings (SSSR count). The molecule has 110 valence electrons. The van der Waals surface area contributed by atoms with Crippen molar-refractivity contribution < 1.29 is 13.9 Å². The summed E-state index contributed by atoms with van der Waals surface area (Å²) in [5.41, 5.74) is 0.397. The van der Waals surface area contributed by atoms with E-state index < -0.39 is 5.82 Å². The molecule has 1 aromatic rings. The Kier molecular flexibility index (Phi) is 4.63. The minimum atomic E-state index is -0.490. The van der Waals surface area contributed by atoms with Crippen molar-refractivity contribution in [2.24, 2.45) is 11.8 Å². The quantitative estimate of drug-likeness (QED) is 0.846. The van der Waals surface area contributed by atoms with Gasteiger partial charge in [0.05, 0.1) is 7.11 Å². The van der Waals surface area contributed by atoms with Crippen molar-refractivity contribution in [2.75, 3.05) is 20.2 Å². The lowest BCUT2D eigenvalue weighted by Gasteiger charge is -2.17. The first-order valence-corrected chi connectivity index (χ1v) is 7.14. The van der Waals surface area contributed by atoms with Crippen LogP contribution in [-0.2, 0) is 0 Å². The summed E-state index contributed by atoms with van der Waals surface area (Å²) in [5.74, 6) is 0.810. The number of hydrogen-bond acceptors (Lipinski definition) is 2. The molecule has 0 bridgehead atoms. The Morgan fingerprint density at radius 2 is 2.25 bits per heavy atom. The van der Waals surface area contributed by atoms with Crippen LogP contribution in [0.1, 0.15) is 37.0 Å². The van der Waals surface area contributed by atoms with Crippen molar-refractivity contribution in [3.05, 3.63) is 29.6 Å². The molecule has 0 spiro atoms. The van der Waals surface area contributed by atoms with Crippen LogP contribution in [0.2, 0.25) is 0 Å². The van der Waals surface area contributed by atoms with Crippen LogP contribution in [0.15, 0.2) is 18.2 Å². The number of hydrogen-bond donors (Lipinski definition) is 0. The van der Waals surface area contributed by atoms with Gasteiger partial charge in [0, 0.05) is 18.7 Å². The second-order valence-corrected chi connectivity index (χ2v) is 5.88. The molecule has 0 radical (unpaired) electrons. The minimum absolute atomic E-state index is 0.0854. The third-order valence-corrected chi connectivity index (χ3v) is 3.78. The zero-order chi connectivity index (χ0) is 14.7. The van der Waals surface area contributed by atoms with Crippen LogP contribution in [-0.4, -0.2) is 31.0 Å². The van der Waals surface area contributed by atoms with Crippen molar-refractivity contribution in [1.29, 1.82) is 0 Å². The molecule has 0 aliphatic carbocycles. The molecule has 1 aliphatic rings. The second-order valence-electron chi connectivity index (χ2n) is 5.88. The fourth-order valence-corrected chi connectivity index (χ4v) is 2.86. The molecule has 1 saturated heterocycles. The molecule has 1 aromatic carbocycles. The molecule has 1 aliphatic heterocycles. The highest BCUT2D eigenvalue weighted by Crippen LogP contribution is 2.25. The predicted molar refractivity (Wildman–Crippen MR) is 76.4 cm³/mol. The third-order valence-electron chi connectivity index (χ3n) is 3.78. The van der Waals surface area contributed by atoms with E-state index in [2.05, 4.69) is 13.8 Å². The maximum absolute atomic E-state index is 13.7. The third kappa shape index (κ3) is 3.30. The van der Waals surface area contributed by atoms with Gasteiger partial charge in [-0.25, -0.2) is 4.39 Å². The van der Waals surface area contributed by atoms with Gasteiger partial charge in [-0.2, -0.15) is 0 Å². The summed E-state index contributed by atoms with van der Waals surface area (Å²) in [7, 11) is 1.41. The second kappa shape index (κ2) is 6.25. The molecule has 1 amide bonds. The van der Waals surface area contributed by atoms with Crippen LogP contribution in [0.4, 0.5) is 4.39 Å². The zero-order valence-electron chi connectivity index (χ0n) is 12.4. The topological polar surface area (TPSA) is 29.5 Å². The maximum Gasteiger partial charge on any atom is 0.253 e. The summed E-state index contributed by atoms with van der Waals surface area (Å²) in [6, 6.07) is 4.39. The lowest BCUT2D eigenvalue weighted by atomic mass is 9.97. The highest BCUT2D eigenvalue weighted by Gasteiger charge is 2.27. The average molecular weight is 279 g/mol. The molecule has 0 aromatic heterocycles. The molecule has 20 heavy (non-hydrogen) atoms. The Hall–Kier alpha value is -1.58. The number of nitrogens with zero attached hydrogens (tertiary/aromatic N) is 1. The molecule has 0 unspecified atom stereocenters. The summed E-state index contributed by atoms with van der Waals surface area (Å²) in [6.07, 6.45) is 2.18. The van der Waals surface area contributed by atoms with E-state index in [9.17, 15) is 9.18 Å². The molecular formula is C16H22FNO2. The number of amides is 1. The van der Waals surface area contributed by atoms with Gasteiger partial charge in [0.1, 0.15) is 0 Å². The first kappa shape index (κ1) is 14.8. The lowest BCUT2D eigenvalue weighted by Crippen LogP contribution is -2.28. The van der Waals surface area contributed by atoms with Crippen LogP contribution >= 0.6 is 0 Å².